The van der Waals surface area contributed by atoms with Crippen LogP contribution in [-0.2, 0) is 28.6 Å². The minimum absolute atomic E-state index is 0.00139. The zero-order valence-corrected chi connectivity index (χ0v) is 11.1. The van der Waals surface area contributed by atoms with Crippen molar-refractivity contribution in [2.45, 2.75) is 32.1 Å². The maximum absolute atomic E-state index is 11.4. The van der Waals surface area contributed by atoms with Crippen LogP contribution in [-0.4, -0.2) is 39.2 Å². The summed E-state index contributed by atoms with van der Waals surface area (Å²) in [6.07, 6.45) is 2.05. The molecule has 1 atom stereocenters. The average molecular weight is 260 g/mol. The summed E-state index contributed by atoms with van der Waals surface area (Å²) >= 11 is 0. The predicted molar refractivity (Wildman–Crippen MR) is 62.6 cm³/mol. The summed E-state index contributed by atoms with van der Waals surface area (Å²) in [6, 6.07) is 0. The summed E-state index contributed by atoms with van der Waals surface area (Å²) in [6.45, 7) is 0. The number of hydrogen-bond acceptors (Lipinski definition) is 6. The Kier molecular flexibility index (Phi) is 8.61. The molecule has 6 heteroatoms. The molecule has 0 rings (SSSR count). The van der Waals surface area contributed by atoms with Crippen molar-refractivity contribution >= 4 is 17.9 Å². The molecule has 0 aromatic rings. The van der Waals surface area contributed by atoms with Gasteiger partial charge in [0.15, 0.2) is 0 Å². The van der Waals surface area contributed by atoms with Crippen LogP contribution in [0.5, 0.6) is 0 Å². The molecular weight excluding hydrogens is 240 g/mol. The zero-order valence-electron chi connectivity index (χ0n) is 11.1. The highest BCUT2D eigenvalue weighted by Gasteiger charge is 2.22. The van der Waals surface area contributed by atoms with E-state index < -0.39 is 17.9 Å². The van der Waals surface area contributed by atoms with Crippen molar-refractivity contribution in [1.29, 1.82) is 0 Å². The number of ether oxygens (including phenoxy) is 3. The van der Waals surface area contributed by atoms with E-state index in [4.69, 9.17) is 0 Å². The lowest BCUT2D eigenvalue weighted by atomic mass is 9.98. The van der Waals surface area contributed by atoms with Crippen LogP contribution in [0.4, 0.5) is 0 Å². The van der Waals surface area contributed by atoms with Gasteiger partial charge in [0.05, 0.1) is 33.7 Å². The molecular formula is C12H20O6. The fourth-order valence-corrected chi connectivity index (χ4v) is 1.52. The SMILES string of the molecule is COC(=O)CCCCC(CC(=O)OC)C(=O)OC. The molecule has 18 heavy (non-hydrogen) atoms. The second-order valence-corrected chi connectivity index (χ2v) is 3.82. The van der Waals surface area contributed by atoms with Crippen molar-refractivity contribution in [3.05, 3.63) is 0 Å². The highest BCUT2D eigenvalue weighted by atomic mass is 16.5. The van der Waals surface area contributed by atoms with Crippen molar-refractivity contribution < 1.29 is 28.6 Å². The van der Waals surface area contributed by atoms with E-state index in [2.05, 4.69) is 14.2 Å². The van der Waals surface area contributed by atoms with Crippen molar-refractivity contribution in [2.24, 2.45) is 5.92 Å². The van der Waals surface area contributed by atoms with E-state index in [-0.39, 0.29) is 12.4 Å². The van der Waals surface area contributed by atoms with Crippen LogP contribution < -0.4 is 0 Å². The summed E-state index contributed by atoms with van der Waals surface area (Å²) < 4.78 is 13.6. The third-order valence-corrected chi connectivity index (χ3v) is 2.59. The Morgan fingerprint density at radius 2 is 1.50 bits per heavy atom. The van der Waals surface area contributed by atoms with Gasteiger partial charge >= 0.3 is 17.9 Å². The van der Waals surface area contributed by atoms with E-state index in [1.807, 2.05) is 0 Å². The normalized spacial score (nSPS) is 11.5. The van der Waals surface area contributed by atoms with Gasteiger partial charge in [-0.3, -0.25) is 14.4 Å². The Morgan fingerprint density at radius 3 is 2.00 bits per heavy atom. The number of unbranched alkanes of at least 4 members (excludes halogenated alkanes) is 1. The van der Waals surface area contributed by atoms with Crippen molar-refractivity contribution in [1.82, 2.24) is 0 Å². The van der Waals surface area contributed by atoms with E-state index in [1.54, 1.807) is 0 Å². The lowest BCUT2D eigenvalue weighted by Gasteiger charge is -2.12. The molecule has 0 aliphatic carbocycles. The Bertz CT molecular complexity index is 286. The number of methoxy groups -OCH3 is 3. The van der Waals surface area contributed by atoms with Crippen LogP contribution in [0.25, 0.3) is 0 Å². The largest absolute Gasteiger partial charge is 0.469 e. The monoisotopic (exact) mass is 260 g/mol. The summed E-state index contributed by atoms with van der Waals surface area (Å²) in [5.74, 6) is -1.67. The molecule has 0 aliphatic rings. The van der Waals surface area contributed by atoms with Crippen LogP contribution in [0.1, 0.15) is 32.1 Å². The number of hydrogen-bond donors (Lipinski definition) is 0. The Morgan fingerprint density at radius 1 is 0.889 bits per heavy atom. The average Bonchev–Trinajstić information content (AvgIpc) is 2.40. The molecule has 6 nitrogen and oxygen atoms in total. The molecule has 0 heterocycles. The molecule has 104 valence electrons. The topological polar surface area (TPSA) is 78.9 Å². The second kappa shape index (κ2) is 9.44. The van der Waals surface area contributed by atoms with Gasteiger partial charge in [-0.1, -0.05) is 6.42 Å². The van der Waals surface area contributed by atoms with Gasteiger partial charge in [-0.25, -0.2) is 0 Å². The van der Waals surface area contributed by atoms with Gasteiger partial charge in [0.25, 0.3) is 0 Å². The summed E-state index contributed by atoms with van der Waals surface area (Å²) in [5.41, 5.74) is 0. The number of carbonyl (C=O) groups excluding carboxylic acids is 3. The highest BCUT2D eigenvalue weighted by molar-refractivity contribution is 5.79. The van der Waals surface area contributed by atoms with Gasteiger partial charge in [-0.2, -0.15) is 0 Å². The second-order valence-electron chi connectivity index (χ2n) is 3.82. The molecule has 0 radical (unpaired) electrons. The van der Waals surface area contributed by atoms with E-state index in [9.17, 15) is 14.4 Å². The van der Waals surface area contributed by atoms with Crippen LogP contribution in [0.2, 0.25) is 0 Å². The van der Waals surface area contributed by atoms with Gasteiger partial charge in [0.2, 0.25) is 0 Å². The molecule has 0 aromatic heterocycles. The fraction of sp³-hybridized carbons (Fsp3) is 0.750. The first-order valence-electron chi connectivity index (χ1n) is 5.76. The number of esters is 3. The van der Waals surface area contributed by atoms with Gasteiger partial charge in [-0.05, 0) is 12.8 Å². The molecule has 0 spiro atoms. The molecule has 0 aliphatic heterocycles. The third-order valence-electron chi connectivity index (χ3n) is 2.59. The fourth-order valence-electron chi connectivity index (χ4n) is 1.52. The van der Waals surface area contributed by atoms with Crippen LogP contribution in [0.15, 0.2) is 0 Å². The highest BCUT2D eigenvalue weighted by Crippen LogP contribution is 2.16. The summed E-state index contributed by atoms with van der Waals surface area (Å²) in [7, 11) is 3.88. The van der Waals surface area contributed by atoms with Crippen molar-refractivity contribution in [3.63, 3.8) is 0 Å². The molecule has 0 saturated carbocycles. The first-order chi connectivity index (χ1) is 8.54. The molecule has 0 saturated heterocycles. The van der Waals surface area contributed by atoms with E-state index in [1.165, 1.54) is 21.3 Å². The molecule has 0 amide bonds. The Hall–Kier alpha value is -1.59. The van der Waals surface area contributed by atoms with Crippen LogP contribution in [0, 0.1) is 5.92 Å². The Balaban J connectivity index is 4.05. The van der Waals surface area contributed by atoms with Gasteiger partial charge in [0, 0.05) is 6.42 Å². The molecule has 0 fully saturated rings. The molecule has 1 unspecified atom stereocenters. The maximum atomic E-state index is 11.4. The smallest absolute Gasteiger partial charge is 0.309 e. The summed E-state index contributed by atoms with van der Waals surface area (Å²) in [5, 5.41) is 0. The minimum Gasteiger partial charge on any atom is -0.469 e. The summed E-state index contributed by atoms with van der Waals surface area (Å²) in [4.78, 5) is 33.4. The standard InChI is InChI=1S/C12H20O6/c1-16-10(13)7-5-4-6-9(12(15)18-3)8-11(14)17-2/h9H,4-8H2,1-3H3. The lowest BCUT2D eigenvalue weighted by Crippen LogP contribution is -2.20. The van der Waals surface area contributed by atoms with Crippen LogP contribution in [0.3, 0.4) is 0 Å². The minimum atomic E-state index is -0.514. The van der Waals surface area contributed by atoms with E-state index in [0.717, 1.165) is 0 Å². The van der Waals surface area contributed by atoms with Gasteiger partial charge < -0.3 is 14.2 Å². The predicted octanol–water partition coefficient (Wildman–Crippen LogP) is 1.07. The quantitative estimate of drug-likeness (QED) is 0.369. The number of rotatable bonds is 8. The molecule has 0 bridgehead atoms. The van der Waals surface area contributed by atoms with Gasteiger partial charge in [-0.15, -0.1) is 0 Å². The first kappa shape index (κ1) is 16.4. The van der Waals surface area contributed by atoms with Crippen molar-refractivity contribution in [3.8, 4) is 0 Å². The third kappa shape index (κ3) is 6.88. The Labute approximate surface area is 107 Å². The van der Waals surface area contributed by atoms with E-state index >= 15 is 0 Å². The van der Waals surface area contributed by atoms with Gasteiger partial charge in [0.1, 0.15) is 0 Å². The van der Waals surface area contributed by atoms with Crippen molar-refractivity contribution in [2.75, 3.05) is 21.3 Å². The maximum Gasteiger partial charge on any atom is 0.309 e. The lowest BCUT2D eigenvalue weighted by molar-refractivity contribution is -0.152. The molecule has 0 aromatic carbocycles. The molecule has 0 N–H and O–H groups in total. The van der Waals surface area contributed by atoms with E-state index in [0.29, 0.717) is 25.7 Å². The first-order valence-corrected chi connectivity index (χ1v) is 5.76. The zero-order chi connectivity index (χ0) is 14.0. The number of carbonyl (C=O) groups is 3. The van der Waals surface area contributed by atoms with Crippen LogP contribution >= 0.6 is 0 Å².